The molecule has 0 saturated carbocycles. The maximum atomic E-state index is 13.4. The van der Waals surface area contributed by atoms with E-state index in [9.17, 15) is 14.4 Å². The van der Waals surface area contributed by atoms with Crippen LogP contribution in [-0.2, 0) is 6.54 Å². The Morgan fingerprint density at radius 2 is 1.74 bits per heavy atom. The number of halogens is 1. The average molecular weight is 491 g/mol. The van der Waals surface area contributed by atoms with Crippen molar-refractivity contribution < 1.29 is 9.53 Å². The molecule has 8 nitrogen and oxygen atoms in total. The topological polar surface area (TPSA) is 95.2 Å². The summed E-state index contributed by atoms with van der Waals surface area (Å²) in [5, 5.41) is 7.35. The Morgan fingerprint density at radius 1 is 1.03 bits per heavy atom. The van der Waals surface area contributed by atoms with E-state index in [1.54, 1.807) is 55.5 Å². The Balaban J connectivity index is 1.83. The number of methoxy groups -OCH3 is 1. The van der Waals surface area contributed by atoms with Crippen LogP contribution in [0.3, 0.4) is 0 Å². The van der Waals surface area contributed by atoms with E-state index in [0.29, 0.717) is 22.0 Å². The van der Waals surface area contributed by atoms with Gasteiger partial charge in [-0.15, -0.1) is 0 Å². The summed E-state index contributed by atoms with van der Waals surface area (Å²) in [6, 6.07) is 22.4. The maximum absolute atomic E-state index is 13.4. The van der Waals surface area contributed by atoms with Gasteiger partial charge in [-0.25, -0.2) is 4.79 Å². The predicted octanol–water partition coefficient (Wildman–Crippen LogP) is 3.60. The molecule has 1 aromatic heterocycles. The summed E-state index contributed by atoms with van der Waals surface area (Å²) in [4.78, 5) is 39.9. The third-order valence-electron chi connectivity index (χ3n) is 5.51. The zero-order valence-corrected chi connectivity index (χ0v) is 19.9. The fourth-order valence-electron chi connectivity index (χ4n) is 3.59. The molecule has 0 spiro atoms. The van der Waals surface area contributed by atoms with Gasteiger partial charge in [0.15, 0.2) is 0 Å². The van der Waals surface area contributed by atoms with Gasteiger partial charge in [0.2, 0.25) is 5.69 Å². The highest BCUT2D eigenvalue weighted by atomic mass is 35.5. The Kier molecular flexibility index (Phi) is 7.12. The number of ether oxygens (including phenoxy) is 1. The summed E-state index contributed by atoms with van der Waals surface area (Å²) in [5.74, 6) is -0.209. The maximum Gasteiger partial charge on any atom is 0.352 e. The second-order valence-electron chi connectivity index (χ2n) is 7.83. The van der Waals surface area contributed by atoms with Crippen molar-refractivity contribution in [2.24, 2.45) is 0 Å². The Bertz CT molecular complexity index is 1480. The number of carbonyl (C=O) groups is 1. The highest BCUT2D eigenvalue weighted by Gasteiger charge is 2.22. The van der Waals surface area contributed by atoms with Crippen LogP contribution in [0.2, 0.25) is 5.02 Å². The number of aromatic nitrogens is 3. The molecule has 9 heteroatoms. The number of carbonyl (C=O) groups excluding carboxylic acids is 1. The molecule has 0 radical (unpaired) electrons. The largest absolute Gasteiger partial charge is 0.497 e. The summed E-state index contributed by atoms with van der Waals surface area (Å²) in [6.07, 6.45) is 0. The molecule has 1 amide bonds. The minimum absolute atomic E-state index is 0.127. The van der Waals surface area contributed by atoms with Gasteiger partial charge in [0, 0.05) is 11.1 Å². The molecule has 0 bridgehead atoms. The first-order chi connectivity index (χ1) is 16.9. The molecular weight excluding hydrogens is 468 g/mol. The number of nitrogens with zero attached hydrogens (tertiary/aromatic N) is 3. The fraction of sp³-hybridized carbons (Fsp3) is 0.154. The van der Waals surface area contributed by atoms with Crippen molar-refractivity contribution >= 4 is 17.5 Å². The van der Waals surface area contributed by atoms with Gasteiger partial charge in [0.1, 0.15) is 5.75 Å². The predicted molar refractivity (Wildman–Crippen MR) is 134 cm³/mol. The van der Waals surface area contributed by atoms with E-state index in [1.807, 2.05) is 30.3 Å². The summed E-state index contributed by atoms with van der Waals surface area (Å²) in [7, 11) is 1.50. The van der Waals surface area contributed by atoms with E-state index < -0.39 is 22.9 Å². The minimum Gasteiger partial charge on any atom is -0.497 e. The Morgan fingerprint density at radius 3 is 2.46 bits per heavy atom. The van der Waals surface area contributed by atoms with Gasteiger partial charge in [0.05, 0.1) is 25.4 Å². The molecule has 1 N–H and O–H groups in total. The van der Waals surface area contributed by atoms with Crippen LogP contribution >= 0.6 is 11.6 Å². The molecule has 0 aliphatic heterocycles. The molecule has 178 valence electrons. The first-order valence-corrected chi connectivity index (χ1v) is 11.2. The van der Waals surface area contributed by atoms with Crippen molar-refractivity contribution in [2.45, 2.75) is 19.5 Å². The monoisotopic (exact) mass is 490 g/mol. The first kappa shape index (κ1) is 24.0. The standard InChI is InChI=1S/C26H23ClN4O4/c1-17(18-9-4-3-5-10-18)28-24(32)23-25(33)30(16-19-11-6-7-14-22(19)27)26(34)31(29-23)20-12-8-13-21(15-20)35-2/h3-15,17H,16H2,1-2H3,(H,28,32)/t17-/m1/s1. The SMILES string of the molecule is COc1cccc(-n2nc(C(=O)N[C@H](C)c3ccccc3)c(=O)n(Cc3ccccc3Cl)c2=O)c1. The highest BCUT2D eigenvalue weighted by Crippen LogP contribution is 2.17. The van der Waals surface area contributed by atoms with Gasteiger partial charge in [-0.3, -0.25) is 14.2 Å². The van der Waals surface area contributed by atoms with Crippen LogP contribution in [0.1, 0.15) is 34.6 Å². The van der Waals surface area contributed by atoms with Crippen LogP contribution in [0.25, 0.3) is 5.69 Å². The van der Waals surface area contributed by atoms with Crippen LogP contribution < -0.4 is 21.3 Å². The van der Waals surface area contributed by atoms with Crippen molar-refractivity contribution in [3.8, 4) is 11.4 Å². The lowest BCUT2D eigenvalue weighted by atomic mass is 10.1. The lowest BCUT2D eigenvalue weighted by molar-refractivity contribution is 0.0930. The molecular formula is C26H23ClN4O4. The molecule has 1 atom stereocenters. The smallest absolute Gasteiger partial charge is 0.352 e. The van der Waals surface area contributed by atoms with E-state index in [-0.39, 0.29) is 12.6 Å². The minimum atomic E-state index is -0.813. The van der Waals surface area contributed by atoms with E-state index in [2.05, 4.69) is 10.4 Å². The third-order valence-corrected chi connectivity index (χ3v) is 5.87. The van der Waals surface area contributed by atoms with Gasteiger partial charge in [-0.2, -0.15) is 9.78 Å². The Hall–Kier alpha value is -4.17. The molecule has 1 heterocycles. The average Bonchev–Trinajstić information content (AvgIpc) is 2.88. The molecule has 3 aromatic carbocycles. The van der Waals surface area contributed by atoms with Crippen LogP contribution in [0.5, 0.6) is 5.75 Å². The van der Waals surface area contributed by atoms with E-state index in [0.717, 1.165) is 14.8 Å². The Labute approximate surface area is 206 Å². The van der Waals surface area contributed by atoms with Crippen LogP contribution in [0, 0.1) is 0 Å². The number of amides is 1. The van der Waals surface area contributed by atoms with Gasteiger partial charge < -0.3 is 10.1 Å². The zero-order chi connectivity index (χ0) is 24.9. The van der Waals surface area contributed by atoms with Crippen molar-refractivity contribution in [3.05, 3.63) is 122 Å². The van der Waals surface area contributed by atoms with Crippen molar-refractivity contribution in [1.29, 1.82) is 0 Å². The second kappa shape index (κ2) is 10.4. The van der Waals surface area contributed by atoms with Crippen molar-refractivity contribution in [3.63, 3.8) is 0 Å². The quantitative estimate of drug-likeness (QED) is 0.427. The van der Waals surface area contributed by atoms with Crippen molar-refractivity contribution in [2.75, 3.05) is 7.11 Å². The van der Waals surface area contributed by atoms with Gasteiger partial charge >= 0.3 is 5.69 Å². The molecule has 0 fully saturated rings. The van der Waals surface area contributed by atoms with E-state index in [1.165, 1.54) is 7.11 Å². The number of nitrogens with one attached hydrogen (secondary N) is 1. The number of rotatable bonds is 7. The van der Waals surface area contributed by atoms with Crippen LogP contribution in [0.4, 0.5) is 0 Å². The lowest BCUT2D eigenvalue weighted by Crippen LogP contribution is -2.46. The lowest BCUT2D eigenvalue weighted by Gasteiger charge is -2.16. The van der Waals surface area contributed by atoms with E-state index in [4.69, 9.17) is 16.3 Å². The molecule has 0 saturated heterocycles. The van der Waals surface area contributed by atoms with Crippen molar-refractivity contribution in [1.82, 2.24) is 19.7 Å². The van der Waals surface area contributed by atoms with Crippen LogP contribution in [-0.4, -0.2) is 27.4 Å². The van der Waals surface area contributed by atoms with Crippen LogP contribution in [0.15, 0.2) is 88.5 Å². The summed E-state index contributed by atoms with van der Waals surface area (Å²) in [5.41, 5.74) is -0.184. The first-order valence-electron chi connectivity index (χ1n) is 10.9. The fourth-order valence-corrected chi connectivity index (χ4v) is 3.79. The molecule has 0 aliphatic carbocycles. The van der Waals surface area contributed by atoms with E-state index >= 15 is 0 Å². The summed E-state index contributed by atoms with van der Waals surface area (Å²) >= 11 is 6.28. The molecule has 4 rings (SSSR count). The number of hydrogen-bond acceptors (Lipinski definition) is 5. The number of hydrogen-bond donors (Lipinski definition) is 1. The molecule has 4 aromatic rings. The number of benzene rings is 3. The normalized spacial score (nSPS) is 11.6. The van der Waals surface area contributed by atoms with Gasteiger partial charge in [-0.05, 0) is 36.2 Å². The second-order valence-corrected chi connectivity index (χ2v) is 8.24. The molecule has 35 heavy (non-hydrogen) atoms. The van der Waals surface area contributed by atoms with Gasteiger partial charge in [0.25, 0.3) is 11.5 Å². The summed E-state index contributed by atoms with van der Waals surface area (Å²) in [6.45, 7) is 1.67. The third kappa shape index (κ3) is 5.17. The van der Waals surface area contributed by atoms with Gasteiger partial charge in [-0.1, -0.05) is 66.2 Å². The molecule has 0 aliphatic rings. The zero-order valence-electron chi connectivity index (χ0n) is 19.1. The highest BCUT2D eigenvalue weighted by molar-refractivity contribution is 6.31. The molecule has 0 unspecified atom stereocenters. The summed E-state index contributed by atoms with van der Waals surface area (Å²) < 4.78 is 7.22.